The number of esters is 3. The van der Waals surface area contributed by atoms with Gasteiger partial charge >= 0.3 is 23.9 Å². The van der Waals surface area contributed by atoms with Crippen molar-refractivity contribution in [1.82, 2.24) is 16.0 Å². The Morgan fingerprint density at radius 2 is 1.49 bits per heavy atom. The number of carbonyl (C=O) groups is 5. The van der Waals surface area contributed by atoms with Crippen molar-refractivity contribution in [3.05, 3.63) is 35.9 Å². The van der Waals surface area contributed by atoms with Crippen LogP contribution in [0, 0.1) is 0 Å². The zero-order chi connectivity index (χ0) is 26.1. The van der Waals surface area contributed by atoms with Crippen molar-refractivity contribution >= 4 is 29.8 Å². The molecule has 6 atom stereocenters. The first-order valence-corrected chi connectivity index (χ1v) is 11.0. The maximum atomic E-state index is 12.8. The van der Waals surface area contributed by atoms with Gasteiger partial charge in [-0.3, -0.25) is 19.2 Å². The lowest BCUT2D eigenvalue weighted by atomic mass is 9.95. The second-order valence-electron chi connectivity index (χ2n) is 8.02. The maximum absolute atomic E-state index is 12.8. The SMILES string of the molecule is CC(=O)N[C@@H]1[C@@H](OC(C)=O)[C@H](OC(C)=O)[C@@H](COC(C)=O)O[C@H]1NC(=O)N[C@@H](C)c1ccccc1. The molecule has 12 nitrogen and oxygen atoms in total. The van der Waals surface area contributed by atoms with E-state index in [1.165, 1.54) is 13.8 Å². The molecule has 1 fully saturated rings. The van der Waals surface area contributed by atoms with Crippen LogP contribution in [-0.2, 0) is 38.1 Å². The molecule has 3 amide bonds. The van der Waals surface area contributed by atoms with E-state index in [9.17, 15) is 24.0 Å². The number of nitrogens with one attached hydrogen (secondary N) is 3. The molecule has 1 aromatic rings. The normalized spacial score (nSPS) is 24.3. The van der Waals surface area contributed by atoms with Crippen molar-refractivity contribution in [2.75, 3.05) is 6.61 Å². The summed E-state index contributed by atoms with van der Waals surface area (Å²) in [5, 5.41) is 7.95. The third kappa shape index (κ3) is 8.56. The Balaban J connectivity index is 2.32. The van der Waals surface area contributed by atoms with Crippen LogP contribution in [0.5, 0.6) is 0 Å². The number of urea groups is 1. The molecule has 2 rings (SSSR count). The average Bonchev–Trinajstić information content (AvgIpc) is 2.76. The Morgan fingerprint density at radius 3 is 2.03 bits per heavy atom. The van der Waals surface area contributed by atoms with Gasteiger partial charge in [-0.1, -0.05) is 30.3 Å². The fraction of sp³-hybridized carbons (Fsp3) is 0.522. The maximum Gasteiger partial charge on any atom is 0.317 e. The molecule has 0 radical (unpaired) electrons. The molecule has 1 saturated heterocycles. The van der Waals surface area contributed by atoms with Crippen LogP contribution >= 0.6 is 0 Å². The Labute approximate surface area is 203 Å². The summed E-state index contributed by atoms with van der Waals surface area (Å²) in [4.78, 5) is 59.8. The molecule has 0 saturated carbocycles. The summed E-state index contributed by atoms with van der Waals surface area (Å²) in [6, 6.07) is 7.07. The molecular weight excluding hydrogens is 462 g/mol. The number of hydrogen-bond donors (Lipinski definition) is 3. The highest BCUT2D eigenvalue weighted by molar-refractivity contribution is 5.76. The highest BCUT2D eigenvalue weighted by Crippen LogP contribution is 2.26. The Bertz CT molecular complexity index is 924. The molecule has 12 heteroatoms. The smallest absolute Gasteiger partial charge is 0.317 e. The average molecular weight is 494 g/mol. The Hall–Kier alpha value is -3.67. The van der Waals surface area contributed by atoms with Gasteiger partial charge in [0, 0.05) is 27.7 Å². The van der Waals surface area contributed by atoms with Crippen LogP contribution < -0.4 is 16.0 Å². The Morgan fingerprint density at radius 1 is 0.886 bits per heavy atom. The minimum Gasteiger partial charge on any atom is -0.463 e. The second-order valence-corrected chi connectivity index (χ2v) is 8.02. The summed E-state index contributed by atoms with van der Waals surface area (Å²) in [6.07, 6.45) is -4.85. The molecular formula is C23H31N3O9. The number of benzene rings is 1. The van der Waals surface area contributed by atoms with Gasteiger partial charge in [0.05, 0.1) is 6.04 Å². The molecule has 1 heterocycles. The van der Waals surface area contributed by atoms with Gasteiger partial charge in [0.2, 0.25) is 5.91 Å². The summed E-state index contributed by atoms with van der Waals surface area (Å²) in [6.45, 7) is 6.11. The third-order valence-electron chi connectivity index (χ3n) is 5.04. The second kappa shape index (κ2) is 12.7. The zero-order valence-electron chi connectivity index (χ0n) is 20.2. The van der Waals surface area contributed by atoms with Crippen LogP contribution in [0.25, 0.3) is 0 Å². The van der Waals surface area contributed by atoms with Gasteiger partial charge in [0.15, 0.2) is 18.4 Å². The highest BCUT2D eigenvalue weighted by atomic mass is 16.6. The fourth-order valence-corrected chi connectivity index (χ4v) is 3.65. The van der Waals surface area contributed by atoms with Crippen LogP contribution in [0.3, 0.4) is 0 Å². The van der Waals surface area contributed by atoms with E-state index in [-0.39, 0.29) is 12.6 Å². The Kier molecular flexibility index (Phi) is 10.0. The van der Waals surface area contributed by atoms with Gasteiger partial charge in [-0.15, -0.1) is 0 Å². The van der Waals surface area contributed by atoms with Crippen LogP contribution in [0.1, 0.15) is 46.2 Å². The molecule has 192 valence electrons. The molecule has 3 N–H and O–H groups in total. The highest BCUT2D eigenvalue weighted by Gasteiger charge is 2.51. The summed E-state index contributed by atoms with van der Waals surface area (Å²) < 4.78 is 21.6. The first-order valence-electron chi connectivity index (χ1n) is 11.0. The number of ether oxygens (including phenoxy) is 4. The van der Waals surface area contributed by atoms with E-state index in [1.54, 1.807) is 6.92 Å². The van der Waals surface area contributed by atoms with E-state index < -0.39 is 60.4 Å². The lowest BCUT2D eigenvalue weighted by Crippen LogP contribution is -2.70. The summed E-state index contributed by atoms with van der Waals surface area (Å²) in [5.41, 5.74) is 0.853. The van der Waals surface area contributed by atoms with Crippen LogP contribution in [0.15, 0.2) is 30.3 Å². The lowest BCUT2D eigenvalue weighted by molar-refractivity contribution is -0.226. The van der Waals surface area contributed by atoms with Gasteiger partial charge in [0.1, 0.15) is 18.8 Å². The van der Waals surface area contributed by atoms with Crippen molar-refractivity contribution < 1.29 is 42.9 Å². The molecule has 0 unspecified atom stereocenters. The van der Waals surface area contributed by atoms with Crippen molar-refractivity contribution in [2.24, 2.45) is 0 Å². The summed E-state index contributed by atoms with van der Waals surface area (Å²) in [5.74, 6) is -2.58. The van der Waals surface area contributed by atoms with E-state index in [0.29, 0.717) is 0 Å². The molecule has 35 heavy (non-hydrogen) atoms. The first-order chi connectivity index (χ1) is 16.5. The van der Waals surface area contributed by atoms with E-state index in [1.807, 2.05) is 30.3 Å². The number of amides is 3. The standard InChI is InChI=1S/C23H31N3O9/c1-12(17-9-7-6-8-10-17)24-23(31)26-22-19(25-13(2)27)21(34-16(5)30)20(33-15(4)29)18(35-22)11-32-14(3)28/h6-10,12,18-22H,11H2,1-5H3,(H,25,27)(H2,24,26,31)/t12-,18+,19+,20+,21+,22+/m0/s1. The van der Waals surface area contributed by atoms with E-state index in [0.717, 1.165) is 19.4 Å². The fourth-order valence-electron chi connectivity index (χ4n) is 3.65. The molecule has 0 spiro atoms. The van der Waals surface area contributed by atoms with E-state index >= 15 is 0 Å². The van der Waals surface area contributed by atoms with Gasteiger partial charge in [-0.05, 0) is 12.5 Å². The lowest BCUT2D eigenvalue weighted by Gasteiger charge is -2.45. The predicted molar refractivity (Wildman–Crippen MR) is 121 cm³/mol. The van der Waals surface area contributed by atoms with Crippen LogP contribution in [-0.4, -0.2) is 67.0 Å². The van der Waals surface area contributed by atoms with Gasteiger partial charge in [-0.2, -0.15) is 0 Å². The minimum absolute atomic E-state index is 0.363. The molecule has 0 bridgehead atoms. The third-order valence-corrected chi connectivity index (χ3v) is 5.04. The number of rotatable bonds is 8. The summed E-state index contributed by atoms with van der Waals surface area (Å²) in [7, 11) is 0. The largest absolute Gasteiger partial charge is 0.463 e. The summed E-state index contributed by atoms with van der Waals surface area (Å²) >= 11 is 0. The predicted octanol–water partition coefficient (Wildman–Crippen LogP) is 0.703. The molecule has 0 aromatic heterocycles. The zero-order valence-corrected chi connectivity index (χ0v) is 20.2. The topological polar surface area (TPSA) is 158 Å². The van der Waals surface area contributed by atoms with Crippen LogP contribution in [0.4, 0.5) is 4.79 Å². The number of hydrogen-bond acceptors (Lipinski definition) is 9. The van der Waals surface area contributed by atoms with Crippen molar-refractivity contribution in [3.63, 3.8) is 0 Å². The quantitative estimate of drug-likeness (QED) is 0.350. The molecule has 0 aliphatic carbocycles. The van der Waals surface area contributed by atoms with Crippen molar-refractivity contribution in [3.8, 4) is 0 Å². The first kappa shape index (κ1) is 27.6. The van der Waals surface area contributed by atoms with Crippen LogP contribution in [0.2, 0.25) is 0 Å². The van der Waals surface area contributed by atoms with Crippen molar-refractivity contribution in [2.45, 2.75) is 71.2 Å². The molecule has 1 aliphatic heterocycles. The molecule has 1 aliphatic rings. The monoisotopic (exact) mass is 493 g/mol. The minimum atomic E-state index is -1.26. The molecule has 1 aromatic carbocycles. The van der Waals surface area contributed by atoms with E-state index in [2.05, 4.69) is 16.0 Å². The van der Waals surface area contributed by atoms with Gasteiger partial charge < -0.3 is 34.9 Å². The number of carbonyl (C=O) groups excluding carboxylic acids is 5. The van der Waals surface area contributed by atoms with E-state index in [4.69, 9.17) is 18.9 Å². The van der Waals surface area contributed by atoms with Crippen molar-refractivity contribution in [1.29, 1.82) is 0 Å². The van der Waals surface area contributed by atoms with Gasteiger partial charge in [0.25, 0.3) is 0 Å². The van der Waals surface area contributed by atoms with Gasteiger partial charge in [-0.25, -0.2) is 4.79 Å².